The Morgan fingerprint density at radius 3 is 2.50 bits per heavy atom. The third-order valence-electron chi connectivity index (χ3n) is 6.74. The fourth-order valence-electron chi connectivity index (χ4n) is 6.87. The molecule has 4 saturated carbocycles. The van der Waals surface area contributed by atoms with Crippen LogP contribution in [0.5, 0.6) is 5.88 Å². The molecule has 4 fully saturated rings. The van der Waals surface area contributed by atoms with Gasteiger partial charge in [0.05, 0.1) is 5.41 Å². The number of pyridine rings is 1. The molecule has 0 radical (unpaired) electrons. The molecule has 0 saturated heterocycles. The third kappa shape index (κ3) is 3.85. The lowest BCUT2D eigenvalue weighted by Crippen LogP contribution is -2.59. The van der Waals surface area contributed by atoms with E-state index in [1.54, 1.807) is 6.07 Å². The number of nitrogens with zero attached hydrogens (tertiary/aromatic N) is 1. The molecule has 5 rings (SSSR count). The van der Waals surface area contributed by atoms with E-state index in [0.29, 0.717) is 11.5 Å². The molecule has 154 valence electrons. The van der Waals surface area contributed by atoms with Crippen molar-refractivity contribution in [3.05, 3.63) is 23.9 Å². The summed E-state index contributed by atoms with van der Waals surface area (Å²) in [6.45, 7) is 3.54. The van der Waals surface area contributed by atoms with E-state index in [0.717, 1.165) is 19.3 Å². The Morgan fingerprint density at radius 2 is 1.89 bits per heavy atom. The maximum absolute atomic E-state index is 13.2. The molecule has 4 nitrogen and oxygen atoms in total. The van der Waals surface area contributed by atoms with Crippen molar-refractivity contribution in [2.24, 2.45) is 22.2 Å². The van der Waals surface area contributed by atoms with Crippen LogP contribution in [0.1, 0.15) is 57.9 Å². The summed E-state index contributed by atoms with van der Waals surface area (Å²) in [5.74, 6) is 0.628. The average Bonchev–Trinajstić information content (AvgIpc) is 2.54. The topological polar surface area (TPSA) is 51.2 Å². The highest BCUT2D eigenvalue weighted by Gasteiger charge is 2.62. The molecule has 7 heteroatoms. The van der Waals surface area contributed by atoms with Crippen molar-refractivity contribution in [2.45, 2.75) is 65.1 Å². The van der Waals surface area contributed by atoms with Crippen LogP contribution in [-0.4, -0.2) is 23.7 Å². The summed E-state index contributed by atoms with van der Waals surface area (Å²) >= 11 is 0. The largest absolute Gasteiger partial charge is 0.468 e. The molecule has 0 aliphatic heterocycles. The van der Waals surface area contributed by atoms with E-state index in [1.807, 2.05) is 0 Å². The van der Waals surface area contributed by atoms with Gasteiger partial charge in [-0.05, 0) is 66.9 Å². The molecule has 1 heterocycles. The van der Waals surface area contributed by atoms with Gasteiger partial charge in [0.1, 0.15) is 0 Å². The number of amides is 1. The second kappa shape index (κ2) is 6.36. The lowest BCUT2D eigenvalue weighted by molar-refractivity contribution is -0.170. The Kier molecular flexibility index (Phi) is 4.43. The molecule has 4 aliphatic carbocycles. The van der Waals surface area contributed by atoms with E-state index < -0.39 is 12.8 Å². The second-order valence-corrected chi connectivity index (χ2v) is 10.00. The van der Waals surface area contributed by atoms with Crippen molar-refractivity contribution < 1.29 is 22.7 Å². The number of halogens is 3. The van der Waals surface area contributed by atoms with Gasteiger partial charge in [-0.1, -0.05) is 13.8 Å². The second-order valence-electron chi connectivity index (χ2n) is 10.00. The van der Waals surface area contributed by atoms with Crippen LogP contribution in [0.2, 0.25) is 0 Å². The van der Waals surface area contributed by atoms with Gasteiger partial charge in [-0.3, -0.25) is 4.79 Å². The molecular weight excluding hydrogens is 369 g/mol. The van der Waals surface area contributed by atoms with Crippen LogP contribution < -0.4 is 10.1 Å². The number of nitrogens with one attached hydrogen (secondary N) is 1. The molecule has 4 aliphatic rings. The minimum atomic E-state index is -4.41. The lowest BCUT2D eigenvalue weighted by atomic mass is 9.40. The number of hydrogen-bond acceptors (Lipinski definition) is 3. The molecule has 0 aromatic carbocycles. The van der Waals surface area contributed by atoms with E-state index in [1.165, 1.54) is 31.5 Å². The SMILES string of the molecule is CC12CC3CC(C)(C1)CC(C(=O)NCc1ccnc(OCC(F)(F)F)c1)(C3)C2. The van der Waals surface area contributed by atoms with Crippen molar-refractivity contribution >= 4 is 5.91 Å². The zero-order chi connectivity index (χ0) is 20.2. The summed E-state index contributed by atoms with van der Waals surface area (Å²) in [5.41, 5.74) is 0.885. The number of carbonyl (C=O) groups is 1. The first kappa shape index (κ1) is 19.5. The van der Waals surface area contributed by atoms with Crippen LogP contribution >= 0.6 is 0 Å². The average molecular weight is 396 g/mol. The summed E-state index contributed by atoms with van der Waals surface area (Å²) in [6.07, 6.45) is 3.49. The van der Waals surface area contributed by atoms with Gasteiger partial charge in [-0.25, -0.2) is 4.98 Å². The van der Waals surface area contributed by atoms with Crippen molar-refractivity contribution in [1.82, 2.24) is 10.3 Å². The van der Waals surface area contributed by atoms with Gasteiger partial charge in [0.25, 0.3) is 0 Å². The van der Waals surface area contributed by atoms with E-state index in [2.05, 4.69) is 24.1 Å². The van der Waals surface area contributed by atoms with E-state index >= 15 is 0 Å². The maximum atomic E-state index is 13.2. The Hall–Kier alpha value is -1.79. The molecule has 4 bridgehead atoms. The van der Waals surface area contributed by atoms with Gasteiger partial charge in [-0.15, -0.1) is 0 Å². The normalized spacial score (nSPS) is 36.4. The fourth-order valence-corrected chi connectivity index (χ4v) is 6.87. The maximum Gasteiger partial charge on any atom is 0.422 e. The van der Waals surface area contributed by atoms with E-state index in [9.17, 15) is 18.0 Å². The van der Waals surface area contributed by atoms with E-state index in [-0.39, 0.29) is 34.6 Å². The van der Waals surface area contributed by atoms with Crippen LogP contribution in [-0.2, 0) is 11.3 Å². The molecule has 1 aromatic heterocycles. The Labute approximate surface area is 163 Å². The minimum Gasteiger partial charge on any atom is -0.468 e. The molecule has 0 spiro atoms. The number of alkyl halides is 3. The number of rotatable bonds is 5. The Morgan fingerprint density at radius 1 is 1.21 bits per heavy atom. The highest BCUT2D eigenvalue weighted by molar-refractivity contribution is 5.83. The fraction of sp³-hybridized carbons (Fsp3) is 0.714. The van der Waals surface area contributed by atoms with Gasteiger partial charge < -0.3 is 10.1 Å². The Bertz CT molecular complexity index is 761. The van der Waals surface area contributed by atoms with Gasteiger partial charge in [0, 0.05) is 18.8 Å². The number of hydrogen-bond donors (Lipinski definition) is 1. The first-order chi connectivity index (χ1) is 13.0. The highest BCUT2D eigenvalue weighted by atomic mass is 19.4. The van der Waals surface area contributed by atoms with Crippen molar-refractivity contribution in [3.8, 4) is 5.88 Å². The molecular formula is C21H27F3N2O2. The Balaban J connectivity index is 1.41. The molecule has 1 N–H and O–H groups in total. The zero-order valence-electron chi connectivity index (χ0n) is 16.4. The predicted octanol–water partition coefficient (Wildman–Crippen LogP) is 4.64. The lowest BCUT2D eigenvalue weighted by Gasteiger charge is -2.64. The summed E-state index contributed by atoms with van der Waals surface area (Å²) in [6, 6.07) is 3.14. The number of carbonyl (C=O) groups excluding carboxylic acids is 1. The van der Waals surface area contributed by atoms with Crippen LogP contribution in [0.15, 0.2) is 18.3 Å². The zero-order valence-corrected chi connectivity index (χ0v) is 16.4. The van der Waals surface area contributed by atoms with E-state index in [4.69, 9.17) is 4.74 Å². The summed E-state index contributed by atoms with van der Waals surface area (Å²) in [7, 11) is 0. The summed E-state index contributed by atoms with van der Waals surface area (Å²) in [5, 5.41) is 3.05. The standard InChI is InChI=1S/C21H27F3N2O2/c1-18-6-15-7-19(2,10-18)12-20(8-15,11-18)17(27)26-9-14-3-4-25-16(5-14)28-13-21(22,23)24/h3-5,15H,6-13H2,1-2H3,(H,26,27). The van der Waals surface area contributed by atoms with Gasteiger partial charge >= 0.3 is 6.18 Å². The van der Waals surface area contributed by atoms with Crippen LogP contribution in [0, 0.1) is 22.2 Å². The van der Waals surface area contributed by atoms with Crippen LogP contribution in [0.25, 0.3) is 0 Å². The number of ether oxygens (including phenoxy) is 1. The van der Waals surface area contributed by atoms with Gasteiger partial charge in [-0.2, -0.15) is 13.2 Å². The molecule has 1 aromatic rings. The molecule has 1 amide bonds. The van der Waals surface area contributed by atoms with Crippen LogP contribution in [0.3, 0.4) is 0 Å². The first-order valence-corrected chi connectivity index (χ1v) is 9.91. The summed E-state index contributed by atoms with van der Waals surface area (Å²) in [4.78, 5) is 17.0. The predicted molar refractivity (Wildman–Crippen MR) is 97.5 cm³/mol. The quantitative estimate of drug-likeness (QED) is 0.789. The highest BCUT2D eigenvalue weighted by Crippen LogP contribution is 2.69. The first-order valence-electron chi connectivity index (χ1n) is 9.91. The monoisotopic (exact) mass is 396 g/mol. The molecule has 2 atom stereocenters. The number of aromatic nitrogens is 1. The minimum absolute atomic E-state index is 0.0844. The molecule has 28 heavy (non-hydrogen) atoms. The third-order valence-corrected chi connectivity index (χ3v) is 6.74. The van der Waals surface area contributed by atoms with Gasteiger partial charge in [0.2, 0.25) is 11.8 Å². The summed E-state index contributed by atoms with van der Waals surface area (Å²) < 4.78 is 41.6. The van der Waals surface area contributed by atoms with Crippen molar-refractivity contribution in [3.63, 3.8) is 0 Å². The van der Waals surface area contributed by atoms with Crippen molar-refractivity contribution in [1.29, 1.82) is 0 Å². The smallest absolute Gasteiger partial charge is 0.422 e. The van der Waals surface area contributed by atoms with Crippen LogP contribution in [0.4, 0.5) is 13.2 Å². The molecule has 2 unspecified atom stereocenters. The van der Waals surface area contributed by atoms with Crippen molar-refractivity contribution in [2.75, 3.05) is 6.61 Å². The van der Waals surface area contributed by atoms with Gasteiger partial charge in [0.15, 0.2) is 6.61 Å².